The van der Waals surface area contributed by atoms with E-state index >= 15 is 0 Å². The van der Waals surface area contributed by atoms with Gasteiger partial charge in [0.1, 0.15) is 0 Å². The van der Waals surface area contributed by atoms with Crippen LogP contribution in [0.5, 0.6) is 0 Å². The van der Waals surface area contributed by atoms with Crippen LogP contribution < -0.4 is 0 Å². The molecule has 1 atom stereocenters. The zero-order chi connectivity index (χ0) is 15.9. The molecule has 0 N–H and O–H groups in total. The summed E-state index contributed by atoms with van der Waals surface area (Å²) in [5.74, 6) is 0. The molecule has 0 saturated carbocycles. The van der Waals surface area contributed by atoms with Crippen molar-refractivity contribution >= 4 is 26.0 Å². The fraction of sp³-hybridized carbons (Fsp3) is 0.375. The number of rotatable bonds is 3. The highest BCUT2D eigenvalue weighted by molar-refractivity contribution is 9.10. The van der Waals surface area contributed by atoms with E-state index in [1.54, 1.807) is 22.5 Å². The molecule has 0 amide bonds. The number of benzene rings is 1. The fourth-order valence-corrected chi connectivity index (χ4v) is 5.06. The van der Waals surface area contributed by atoms with Crippen LogP contribution in [0.25, 0.3) is 0 Å². The van der Waals surface area contributed by atoms with Gasteiger partial charge in [0.25, 0.3) is 0 Å². The van der Waals surface area contributed by atoms with Crippen LogP contribution in [-0.4, -0.2) is 23.8 Å². The van der Waals surface area contributed by atoms with Crippen LogP contribution in [0.1, 0.15) is 30.1 Å². The van der Waals surface area contributed by atoms with Gasteiger partial charge in [0.2, 0.25) is 10.0 Å². The van der Waals surface area contributed by atoms with Crippen LogP contribution >= 0.6 is 15.9 Å². The minimum Gasteiger partial charge on any atom is -0.353 e. The van der Waals surface area contributed by atoms with Crippen molar-refractivity contribution in [2.75, 3.05) is 6.54 Å². The maximum absolute atomic E-state index is 13.0. The molecule has 1 aromatic carbocycles. The topological polar surface area (TPSA) is 42.3 Å². The van der Waals surface area contributed by atoms with Crippen molar-refractivity contribution in [2.45, 2.75) is 30.7 Å². The number of sulfonamides is 1. The standard InChI is InChI=1S/C16H19BrN2O2S/c1-12-11-13(7-8-14(12)17)22(20,21)19-10-4-6-16(19)15-5-3-9-18(15)2/h3,5,7-9,11,16H,4,6,10H2,1-2H3/t16-/m1/s1. The highest BCUT2D eigenvalue weighted by Crippen LogP contribution is 2.37. The van der Waals surface area contributed by atoms with E-state index in [1.807, 2.05) is 36.9 Å². The minimum atomic E-state index is -3.47. The van der Waals surface area contributed by atoms with Crippen LogP contribution in [0, 0.1) is 6.92 Å². The molecule has 0 radical (unpaired) electrons. The van der Waals surface area contributed by atoms with Gasteiger partial charge in [0.05, 0.1) is 10.9 Å². The first-order chi connectivity index (χ1) is 10.4. The fourth-order valence-electron chi connectivity index (χ4n) is 3.06. The van der Waals surface area contributed by atoms with E-state index in [9.17, 15) is 8.42 Å². The Morgan fingerprint density at radius 1 is 1.27 bits per heavy atom. The molecule has 22 heavy (non-hydrogen) atoms. The lowest BCUT2D eigenvalue weighted by atomic mass is 10.1. The van der Waals surface area contributed by atoms with E-state index in [4.69, 9.17) is 0 Å². The average Bonchev–Trinajstić information content (AvgIpc) is 3.10. The molecule has 2 aromatic rings. The minimum absolute atomic E-state index is 0.0750. The summed E-state index contributed by atoms with van der Waals surface area (Å²) in [7, 11) is -1.51. The lowest BCUT2D eigenvalue weighted by Gasteiger charge is -2.25. The van der Waals surface area contributed by atoms with Gasteiger partial charge in [-0.25, -0.2) is 8.42 Å². The first-order valence-corrected chi connectivity index (χ1v) is 9.54. The Hall–Kier alpha value is -1.11. The molecule has 2 heterocycles. The van der Waals surface area contributed by atoms with Crippen LogP contribution in [0.3, 0.4) is 0 Å². The van der Waals surface area contributed by atoms with Crippen molar-refractivity contribution in [2.24, 2.45) is 7.05 Å². The predicted molar refractivity (Wildman–Crippen MR) is 90.2 cm³/mol. The zero-order valence-corrected chi connectivity index (χ0v) is 15.1. The number of hydrogen-bond acceptors (Lipinski definition) is 2. The molecule has 0 spiro atoms. The first-order valence-electron chi connectivity index (χ1n) is 7.30. The molecule has 1 saturated heterocycles. The second-order valence-electron chi connectivity index (χ2n) is 5.73. The highest BCUT2D eigenvalue weighted by atomic mass is 79.9. The van der Waals surface area contributed by atoms with Gasteiger partial charge < -0.3 is 4.57 Å². The van der Waals surface area contributed by atoms with Gasteiger partial charge in [0.15, 0.2) is 0 Å². The summed E-state index contributed by atoms with van der Waals surface area (Å²) in [6.07, 6.45) is 3.72. The third kappa shape index (κ3) is 2.64. The lowest BCUT2D eigenvalue weighted by Crippen LogP contribution is -2.31. The van der Waals surface area contributed by atoms with Gasteiger partial charge in [-0.1, -0.05) is 15.9 Å². The molecule has 0 unspecified atom stereocenters. The van der Waals surface area contributed by atoms with Crippen molar-refractivity contribution in [3.63, 3.8) is 0 Å². The Balaban J connectivity index is 2.00. The Bertz CT molecular complexity index is 798. The van der Waals surface area contributed by atoms with Crippen molar-refractivity contribution < 1.29 is 8.42 Å². The summed E-state index contributed by atoms with van der Waals surface area (Å²) in [5, 5.41) is 0. The van der Waals surface area contributed by atoms with E-state index < -0.39 is 10.0 Å². The Morgan fingerprint density at radius 2 is 2.05 bits per heavy atom. The quantitative estimate of drug-likeness (QED) is 0.813. The van der Waals surface area contributed by atoms with Gasteiger partial charge in [-0.2, -0.15) is 4.31 Å². The molecule has 3 rings (SSSR count). The molecular weight excluding hydrogens is 364 g/mol. The Morgan fingerprint density at radius 3 is 2.68 bits per heavy atom. The first kappa shape index (κ1) is 15.8. The molecule has 0 bridgehead atoms. The van der Waals surface area contributed by atoms with Crippen molar-refractivity contribution in [1.29, 1.82) is 0 Å². The molecule has 4 nitrogen and oxygen atoms in total. The number of aryl methyl sites for hydroxylation is 2. The van der Waals surface area contributed by atoms with E-state index in [2.05, 4.69) is 15.9 Å². The molecule has 1 aliphatic heterocycles. The maximum atomic E-state index is 13.0. The molecule has 1 fully saturated rings. The van der Waals surface area contributed by atoms with Crippen molar-refractivity contribution in [1.82, 2.24) is 8.87 Å². The number of halogens is 1. The summed E-state index contributed by atoms with van der Waals surface area (Å²) in [6.45, 7) is 2.48. The monoisotopic (exact) mass is 382 g/mol. The van der Waals surface area contributed by atoms with Crippen LogP contribution in [-0.2, 0) is 17.1 Å². The number of aromatic nitrogens is 1. The van der Waals surface area contributed by atoms with E-state index in [1.165, 1.54) is 0 Å². The zero-order valence-electron chi connectivity index (χ0n) is 12.7. The molecular formula is C16H19BrN2O2S. The maximum Gasteiger partial charge on any atom is 0.243 e. The Kier molecular flexibility index (Phi) is 4.18. The van der Waals surface area contributed by atoms with Gasteiger partial charge in [-0.05, 0) is 55.7 Å². The van der Waals surface area contributed by atoms with Crippen molar-refractivity contribution in [3.05, 3.63) is 52.3 Å². The van der Waals surface area contributed by atoms with Crippen LogP contribution in [0.15, 0.2) is 45.9 Å². The van der Waals surface area contributed by atoms with Crippen LogP contribution in [0.4, 0.5) is 0 Å². The SMILES string of the molecule is Cc1cc(S(=O)(=O)N2CCC[C@@H]2c2cccn2C)ccc1Br. The normalized spacial score (nSPS) is 19.7. The second-order valence-corrected chi connectivity index (χ2v) is 8.47. The molecule has 6 heteroatoms. The Labute approximate surface area is 139 Å². The van der Waals surface area contributed by atoms with E-state index in [-0.39, 0.29) is 6.04 Å². The highest BCUT2D eigenvalue weighted by Gasteiger charge is 2.37. The molecule has 118 valence electrons. The van der Waals surface area contributed by atoms with E-state index in [0.717, 1.165) is 28.6 Å². The van der Waals surface area contributed by atoms with Gasteiger partial charge in [-0.15, -0.1) is 0 Å². The summed E-state index contributed by atoms with van der Waals surface area (Å²) in [6, 6.07) is 9.10. The van der Waals surface area contributed by atoms with Gasteiger partial charge in [-0.3, -0.25) is 0 Å². The third-order valence-electron chi connectivity index (χ3n) is 4.27. The largest absolute Gasteiger partial charge is 0.353 e. The van der Waals surface area contributed by atoms with Gasteiger partial charge in [0, 0.05) is 30.0 Å². The van der Waals surface area contributed by atoms with Gasteiger partial charge >= 0.3 is 0 Å². The molecule has 1 aromatic heterocycles. The average molecular weight is 383 g/mol. The predicted octanol–water partition coefficient (Wildman–Crippen LogP) is 3.62. The second kappa shape index (κ2) is 5.83. The van der Waals surface area contributed by atoms with Crippen molar-refractivity contribution in [3.8, 4) is 0 Å². The summed E-state index contributed by atoms with van der Waals surface area (Å²) >= 11 is 3.42. The summed E-state index contributed by atoms with van der Waals surface area (Å²) in [4.78, 5) is 0.370. The third-order valence-corrected chi connectivity index (χ3v) is 7.06. The van der Waals surface area contributed by atoms with E-state index in [0.29, 0.717) is 11.4 Å². The molecule has 0 aliphatic carbocycles. The van der Waals surface area contributed by atoms with Crippen LogP contribution in [0.2, 0.25) is 0 Å². The number of nitrogens with zero attached hydrogens (tertiary/aromatic N) is 2. The summed E-state index contributed by atoms with van der Waals surface area (Å²) < 4.78 is 30.6. The smallest absolute Gasteiger partial charge is 0.243 e. The summed E-state index contributed by atoms with van der Waals surface area (Å²) in [5.41, 5.74) is 1.98. The molecule has 1 aliphatic rings. The number of hydrogen-bond donors (Lipinski definition) is 0. The lowest BCUT2D eigenvalue weighted by molar-refractivity contribution is 0.384.